The quantitative estimate of drug-likeness (QED) is 0.566. The highest BCUT2D eigenvalue weighted by atomic mass is 32.1. The van der Waals surface area contributed by atoms with Gasteiger partial charge in [0, 0.05) is 11.8 Å². The number of nitrogen functional groups attached to an aromatic ring is 1. The monoisotopic (exact) mass is 269 g/mol. The second-order valence-corrected chi connectivity index (χ2v) is 4.87. The molecule has 0 unspecified atom stereocenters. The van der Waals surface area contributed by atoms with E-state index in [0.29, 0.717) is 5.82 Å². The first-order valence-corrected chi connectivity index (χ1v) is 6.50. The van der Waals surface area contributed by atoms with Crippen molar-refractivity contribution in [3.8, 4) is 0 Å². The van der Waals surface area contributed by atoms with E-state index in [0.717, 1.165) is 20.9 Å². The van der Waals surface area contributed by atoms with E-state index in [1.165, 1.54) is 0 Å². The minimum absolute atomic E-state index is 0.456. The van der Waals surface area contributed by atoms with Crippen LogP contribution in [0.4, 0.5) is 10.9 Å². The summed E-state index contributed by atoms with van der Waals surface area (Å²) in [6, 6.07) is 11.6. The largest absolute Gasteiger partial charge is 0.383 e. The van der Waals surface area contributed by atoms with Crippen LogP contribution in [-0.4, -0.2) is 16.2 Å². The summed E-state index contributed by atoms with van der Waals surface area (Å²) in [6.07, 6.45) is 3.28. The van der Waals surface area contributed by atoms with Crippen molar-refractivity contribution in [3.05, 3.63) is 48.2 Å². The SMILES string of the molecule is Nc1ncccc1C=NNc1nc2ccccc2s1. The lowest BCUT2D eigenvalue weighted by atomic mass is 10.3. The van der Waals surface area contributed by atoms with Crippen molar-refractivity contribution in [1.29, 1.82) is 0 Å². The Morgan fingerprint density at radius 1 is 1.21 bits per heavy atom. The summed E-state index contributed by atoms with van der Waals surface area (Å²) in [5.74, 6) is 0.456. The van der Waals surface area contributed by atoms with Crippen LogP contribution in [0, 0.1) is 0 Å². The first-order chi connectivity index (χ1) is 9.33. The first kappa shape index (κ1) is 11.6. The molecule has 1 aromatic carbocycles. The number of fused-ring (bicyclic) bond motifs is 1. The van der Waals surface area contributed by atoms with E-state index < -0.39 is 0 Å². The van der Waals surface area contributed by atoms with E-state index in [1.54, 1.807) is 23.7 Å². The molecule has 0 spiro atoms. The minimum Gasteiger partial charge on any atom is -0.383 e. The van der Waals surface area contributed by atoms with Gasteiger partial charge in [-0.05, 0) is 24.3 Å². The lowest BCUT2D eigenvalue weighted by Crippen LogP contribution is -1.97. The maximum Gasteiger partial charge on any atom is 0.204 e. The number of nitrogens with two attached hydrogens (primary N) is 1. The molecule has 3 N–H and O–H groups in total. The number of anilines is 2. The maximum atomic E-state index is 5.72. The molecule has 0 atom stereocenters. The average molecular weight is 269 g/mol. The molecule has 94 valence electrons. The van der Waals surface area contributed by atoms with Crippen LogP contribution in [0.1, 0.15) is 5.56 Å². The van der Waals surface area contributed by atoms with Crippen LogP contribution in [0.15, 0.2) is 47.7 Å². The molecule has 0 aliphatic heterocycles. The van der Waals surface area contributed by atoms with E-state index in [9.17, 15) is 0 Å². The first-order valence-electron chi connectivity index (χ1n) is 5.68. The van der Waals surface area contributed by atoms with Gasteiger partial charge in [0.05, 0.1) is 16.4 Å². The zero-order valence-electron chi connectivity index (χ0n) is 9.95. The van der Waals surface area contributed by atoms with Crippen LogP contribution in [0.3, 0.4) is 0 Å². The van der Waals surface area contributed by atoms with Gasteiger partial charge in [-0.3, -0.25) is 5.43 Å². The molecule has 0 aliphatic carbocycles. The molecule has 0 amide bonds. The van der Waals surface area contributed by atoms with Gasteiger partial charge in [-0.2, -0.15) is 5.10 Å². The molecule has 3 aromatic rings. The molecule has 0 radical (unpaired) electrons. The van der Waals surface area contributed by atoms with Crippen LogP contribution in [0.25, 0.3) is 10.2 Å². The van der Waals surface area contributed by atoms with Crippen LogP contribution in [-0.2, 0) is 0 Å². The number of aromatic nitrogens is 2. The van der Waals surface area contributed by atoms with E-state index in [2.05, 4.69) is 20.5 Å². The van der Waals surface area contributed by atoms with Gasteiger partial charge in [-0.1, -0.05) is 23.5 Å². The molecule has 0 fully saturated rings. The number of nitrogens with zero attached hydrogens (tertiary/aromatic N) is 3. The van der Waals surface area contributed by atoms with Gasteiger partial charge in [0.1, 0.15) is 5.82 Å². The minimum atomic E-state index is 0.456. The van der Waals surface area contributed by atoms with Crippen molar-refractivity contribution in [1.82, 2.24) is 9.97 Å². The van der Waals surface area contributed by atoms with E-state index in [4.69, 9.17) is 5.73 Å². The topological polar surface area (TPSA) is 76.2 Å². The van der Waals surface area contributed by atoms with Crippen LogP contribution in [0.2, 0.25) is 0 Å². The second kappa shape index (κ2) is 5.03. The Hall–Kier alpha value is -2.47. The Morgan fingerprint density at radius 3 is 2.95 bits per heavy atom. The summed E-state index contributed by atoms with van der Waals surface area (Å²) in [6.45, 7) is 0. The summed E-state index contributed by atoms with van der Waals surface area (Å²) in [7, 11) is 0. The molecule has 2 heterocycles. The Labute approximate surface area is 113 Å². The normalized spacial score (nSPS) is 11.2. The Kier molecular flexibility index (Phi) is 3.07. The summed E-state index contributed by atoms with van der Waals surface area (Å²) < 4.78 is 1.13. The zero-order valence-corrected chi connectivity index (χ0v) is 10.8. The second-order valence-electron chi connectivity index (χ2n) is 3.83. The van der Waals surface area contributed by atoms with Crippen LogP contribution in [0.5, 0.6) is 0 Å². The summed E-state index contributed by atoms with van der Waals surface area (Å²) in [4.78, 5) is 8.40. The third kappa shape index (κ3) is 2.53. The molecular formula is C13H11N5S. The number of benzene rings is 1. The lowest BCUT2D eigenvalue weighted by Gasteiger charge is -1.96. The predicted molar refractivity (Wildman–Crippen MR) is 79.5 cm³/mol. The number of nitrogens with one attached hydrogen (secondary N) is 1. The molecule has 5 nitrogen and oxygen atoms in total. The zero-order chi connectivity index (χ0) is 13.1. The van der Waals surface area contributed by atoms with Crippen molar-refractivity contribution in [2.24, 2.45) is 5.10 Å². The highest BCUT2D eigenvalue weighted by molar-refractivity contribution is 7.22. The van der Waals surface area contributed by atoms with Crippen molar-refractivity contribution >= 4 is 38.7 Å². The fourth-order valence-corrected chi connectivity index (χ4v) is 2.43. The highest BCUT2D eigenvalue weighted by Gasteiger charge is 2.01. The number of hydrazone groups is 1. The average Bonchev–Trinajstić information content (AvgIpc) is 2.83. The number of hydrogen-bond donors (Lipinski definition) is 2. The van der Waals surface area contributed by atoms with Gasteiger partial charge in [0.25, 0.3) is 0 Å². The number of thiazole rings is 1. The Bertz CT molecular complexity index is 701. The third-order valence-corrected chi connectivity index (χ3v) is 3.47. The van der Waals surface area contributed by atoms with Crippen molar-refractivity contribution in [2.45, 2.75) is 0 Å². The smallest absolute Gasteiger partial charge is 0.204 e. The molecule has 0 aliphatic rings. The van der Waals surface area contributed by atoms with Gasteiger partial charge >= 0.3 is 0 Å². The highest BCUT2D eigenvalue weighted by Crippen LogP contribution is 2.25. The molecule has 19 heavy (non-hydrogen) atoms. The maximum absolute atomic E-state index is 5.72. The van der Waals surface area contributed by atoms with Crippen molar-refractivity contribution in [2.75, 3.05) is 11.2 Å². The van der Waals surface area contributed by atoms with Gasteiger partial charge in [0.15, 0.2) is 0 Å². The number of pyridine rings is 1. The molecule has 3 rings (SSSR count). The number of para-hydroxylation sites is 1. The van der Waals surface area contributed by atoms with E-state index in [-0.39, 0.29) is 0 Å². The number of hydrogen-bond acceptors (Lipinski definition) is 6. The van der Waals surface area contributed by atoms with Crippen LogP contribution < -0.4 is 11.2 Å². The summed E-state index contributed by atoms with van der Waals surface area (Å²) in [5.41, 5.74) is 10.4. The van der Waals surface area contributed by atoms with E-state index >= 15 is 0 Å². The van der Waals surface area contributed by atoms with Gasteiger partial charge in [0.2, 0.25) is 5.13 Å². The Balaban J connectivity index is 1.77. The number of rotatable bonds is 3. The summed E-state index contributed by atoms with van der Waals surface area (Å²) >= 11 is 1.55. The fourth-order valence-electron chi connectivity index (χ4n) is 1.62. The molecular weight excluding hydrogens is 258 g/mol. The lowest BCUT2D eigenvalue weighted by molar-refractivity contribution is 1.29. The van der Waals surface area contributed by atoms with Gasteiger partial charge < -0.3 is 5.73 Å². The van der Waals surface area contributed by atoms with Gasteiger partial charge in [-0.25, -0.2) is 9.97 Å². The van der Waals surface area contributed by atoms with Crippen molar-refractivity contribution in [3.63, 3.8) is 0 Å². The van der Waals surface area contributed by atoms with Crippen LogP contribution >= 0.6 is 11.3 Å². The third-order valence-electron chi connectivity index (χ3n) is 2.53. The summed E-state index contributed by atoms with van der Waals surface area (Å²) in [5, 5.41) is 4.87. The van der Waals surface area contributed by atoms with Crippen molar-refractivity contribution < 1.29 is 0 Å². The van der Waals surface area contributed by atoms with E-state index in [1.807, 2.05) is 36.4 Å². The fraction of sp³-hybridized carbons (Fsp3) is 0. The molecule has 0 bridgehead atoms. The van der Waals surface area contributed by atoms with Gasteiger partial charge in [-0.15, -0.1) is 0 Å². The Morgan fingerprint density at radius 2 is 2.11 bits per heavy atom. The predicted octanol–water partition coefficient (Wildman–Crippen LogP) is 2.72. The standard InChI is InChI=1S/C13H11N5S/c14-12-9(4-3-7-15-12)8-16-18-13-17-10-5-1-2-6-11(10)19-13/h1-8H,(H2,14,15)(H,17,18). The molecule has 2 aromatic heterocycles. The molecule has 6 heteroatoms. The molecule has 0 saturated heterocycles. The molecule has 0 saturated carbocycles.